The quantitative estimate of drug-likeness (QED) is 0.867. The minimum absolute atomic E-state index is 0.334. The Bertz CT molecular complexity index is 803. The summed E-state index contributed by atoms with van der Waals surface area (Å²) in [5, 5.41) is 2.87. The van der Waals surface area contributed by atoms with E-state index < -0.39 is 5.60 Å². The van der Waals surface area contributed by atoms with Gasteiger partial charge in [-0.05, 0) is 52.2 Å². The van der Waals surface area contributed by atoms with Crippen LogP contribution in [0.15, 0.2) is 24.3 Å². The molecule has 1 saturated heterocycles. The van der Waals surface area contributed by atoms with Gasteiger partial charge in [0.1, 0.15) is 5.60 Å². The molecule has 1 N–H and O–H groups in total. The molecular weight excluding hydrogens is 344 g/mol. The zero-order valence-corrected chi connectivity index (χ0v) is 16.5. The number of anilines is 1. The molecule has 2 heterocycles. The van der Waals surface area contributed by atoms with Crippen LogP contribution >= 0.6 is 0 Å². The number of nitrogens with zero attached hydrogens (tertiary/aromatic N) is 3. The van der Waals surface area contributed by atoms with Gasteiger partial charge in [-0.2, -0.15) is 0 Å². The number of carbonyl (C=O) groups is 1. The summed E-state index contributed by atoms with van der Waals surface area (Å²) in [5.41, 5.74) is 1.19. The zero-order chi connectivity index (χ0) is 19.4. The third kappa shape index (κ3) is 4.99. The van der Waals surface area contributed by atoms with E-state index in [-0.39, 0.29) is 6.09 Å². The fourth-order valence-electron chi connectivity index (χ4n) is 3.15. The first kappa shape index (κ1) is 19.2. The summed E-state index contributed by atoms with van der Waals surface area (Å²) in [7, 11) is 0. The minimum Gasteiger partial charge on any atom is -0.475 e. The lowest BCUT2D eigenvalue weighted by Gasteiger charge is -2.22. The smallest absolute Gasteiger partial charge is 0.407 e. The van der Waals surface area contributed by atoms with Gasteiger partial charge in [0.2, 0.25) is 0 Å². The van der Waals surface area contributed by atoms with Gasteiger partial charge in [0, 0.05) is 19.6 Å². The van der Waals surface area contributed by atoms with Crippen LogP contribution in [0.5, 0.6) is 5.88 Å². The van der Waals surface area contributed by atoms with Crippen molar-refractivity contribution in [1.82, 2.24) is 15.3 Å². The largest absolute Gasteiger partial charge is 0.475 e. The normalized spacial score (nSPS) is 17.2. The number of amides is 1. The number of ether oxygens (including phenoxy) is 2. The van der Waals surface area contributed by atoms with E-state index in [0.717, 1.165) is 36.4 Å². The second kappa shape index (κ2) is 7.98. The van der Waals surface area contributed by atoms with Crippen LogP contribution in [-0.4, -0.2) is 47.9 Å². The van der Waals surface area contributed by atoms with Gasteiger partial charge in [-0.15, -0.1) is 0 Å². The lowest BCUT2D eigenvalue weighted by Crippen LogP contribution is -2.36. The molecule has 7 nitrogen and oxygen atoms in total. The molecule has 1 atom stereocenters. The van der Waals surface area contributed by atoms with Crippen molar-refractivity contribution in [3.8, 4) is 5.88 Å². The average Bonchev–Trinajstić information content (AvgIpc) is 3.07. The maximum Gasteiger partial charge on any atom is 0.407 e. The highest BCUT2D eigenvalue weighted by molar-refractivity contribution is 5.77. The maximum atomic E-state index is 11.9. The summed E-state index contributed by atoms with van der Waals surface area (Å²) >= 11 is 0. The Kier molecular flexibility index (Phi) is 5.68. The number of benzene rings is 1. The number of fused-ring (bicyclic) bond motifs is 1. The molecule has 0 radical (unpaired) electrons. The second-order valence-electron chi connectivity index (χ2n) is 7.76. The number of alkyl carbamates (subject to hydrolysis) is 1. The number of rotatable bonds is 5. The Morgan fingerprint density at radius 2 is 1.96 bits per heavy atom. The van der Waals surface area contributed by atoms with E-state index in [1.54, 1.807) is 0 Å². The van der Waals surface area contributed by atoms with Crippen LogP contribution in [0.25, 0.3) is 11.0 Å². The Morgan fingerprint density at radius 1 is 1.26 bits per heavy atom. The molecular formula is C20H28N4O3. The molecule has 27 heavy (non-hydrogen) atoms. The summed E-state index contributed by atoms with van der Waals surface area (Å²) < 4.78 is 11.0. The highest BCUT2D eigenvalue weighted by Gasteiger charge is 2.27. The van der Waals surface area contributed by atoms with Gasteiger partial charge in [0.15, 0.2) is 5.82 Å². The Labute approximate surface area is 160 Å². The fraction of sp³-hybridized carbons (Fsp3) is 0.550. The van der Waals surface area contributed by atoms with E-state index in [2.05, 4.69) is 15.2 Å². The van der Waals surface area contributed by atoms with Crippen LogP contribution in [0.2, 0.25) is 0 Å². The van der Waals surface area contributed by atoms with Crippen molar-refractivity contribution < 1.29 is 14.3 Å². The summed E-state index contributed by atoms with van der Waals surface area (Å²) in [6.07, 6.45) is 0.594. The van der Waals surface area contributed by atoms with E-state index >= 15 is 0 Å². The van der Waals surface area contributed by atoms with Crippen molar-refractivity contribution in [2.45, 2.75) is 39.7 Å². The Hall–Kier alpha value is -2.57. The standard InChI is InChI=1S/C20H28N4O3/c1-5-26-18-17(22-15-8-6-7-9-16(15)23-18)24-11-10-14(13-24)12-21-19(25)27-20(2,3)4/h6-9,14H,5,10-13H2,1-4H3,(H,21,25)/t14-/m1/s1. The average molecular weight is 372 g/mol. The van der Waals surface area contributed by atoms with Crippen molar-refractivity contribution in [1.29, 1.82) is 0 Å². The van der Waals surface area contributed by atoms with Gasteiger partial charge in [-0.1, -0.05) is 12.1 Å². The van der Waals surface area contributed by atoms with Crippen LogP contribution in [0, 0.1) is 5.92 Å². The van der Waals surface area contributed by atoms with E-state index in [1.807, 2.05) is 52.0 Å². The van der Waals surface area contributed by atoms with E-state index in [1.165, 1.54) is 0 Å². The fourth-order valence-corrected chi connectivity index (χ4v) is 3.15. The zero-order valence-electron chi connectivity index (χ0n) is 16.5. The molecule has 2 aromatic rings. The van der Waals surface area contributed by atoms with Gasteiger partial charge in [0.05, 0.1) is 17.6 Å². The van der Waals surface area contributed by atoms with Crippen LogP contribution in [0.3, 0.4) is 0 Å². The highest BCUT2D eigenvalue weighted by Crippen LogP contribution is 2.31. The number of carbonyl (C=O) groups excluding carboxylic acids is 1. The van der Waals surface area contributed by atoms with E-state index in [9.17, 15) is 4.79 Å². The van der Waals surface area contributed by atoms with E-state index in [4.69, 9.17) is 14.5 Å². The van der Waals surface area contributed by atoms with Gasteiger partial charge in [-0.25, -0.2) is 14.8 Å². The molecule has 3 rings (SSSR count). The monoisotopic (exact) mass is 372 g/mol. The Morgan fingerprint density at radius 3 is 2.63 bits per heavy atom. The van der Waals surface area contributed by atoms with Crippen molar-refractivity contribution >= 4 is 22.9 Å². The molecule has 7 heteroatoms. The number of aromatic nitrogens is 2. The number of hydrogen-bond donors (Lipinski definition) is 1. The van der Waals surface area contributed by atoms with Crippen molar-refractivity contribution in [2.75, 3.05) is 31.1 Å². The first-order valence-electron chi connectivity index (χ1n) is 9.47. The first-order chi connectivity index (χ1) is 12.9. The Balaban J connectivity index is 1.67. The number of para-hydroxylation sites is 2. The molecule has 0 spiro atoms. The molecule has 0 unspecified atom stereocenters. The second-order valence-corrected chi connectivity index (χ2v) is 7.76. The van der Waals surface area contributed by atoms with Crippen molar-refractivity contribution in [3.05, 3.63) is 24.3 Å². The molecule has 1 aliphatic heterocycles. The molecule has 0 aliphatic carbocycles. The van der Waals surface area contributed by atoms with Crippen molar-refractivity contribution in [3.63, 3.8) is 0 Å². The third-order valence-electron chi connectivity index (χ3n) is 4.32. The summed E-state index contributed by atoms with van der Waals surface area (Å²) in [6, 6.07) is 7.80. The molecule has 1 amide bonds. The summed E-state index contributed by atoms with van der Waals surface area (Å²) in [4.78, 5) is 23.5. The lowest BCUT2D eigenvalue weighted by atomic mass is 10.1. The van der Waals surface area contributed by atoms with Gasteiger partial charge >= 0.3 is 6.09 Å². The SMILES string of the molecule is CCOc1nc2ccccc2nc1N1CC[C@H](CNC(=O)OC(C)(C)C)C1. The molecule has 146 valence electrons. The van der Waals surface area contributed by atoms with Gasteiger partial charge < -0.3 is 19.7 Å². The third-order valence-corrected chi connectivity index (χ3v) is 4.32. The summed E-state index contributed by atoms with van der Waals surface area (Å²) in [5.74, 6) is 1.67. The number of hydrogen-bond acceptors (Lipinski definition) is 6. The van der Waals surface area contributed by atoms with Crippen LogP contribution in [-0.2, 0) is 4.74 Å². The highest BCUT2D eigenvalue weighted by atomic mass is 16.6. The van der Waals surface area contributed by atoms with Crippen molar-refractivity contribution in [2.24, 2.45) is 5.92 Å². The predicted octanol–water partition coefficient (Wildman–Crippen LogP) is 3.38. The summed E-state index contributed by atoms with van der Waals surface area (Å²) in [6.45, 7) is 10.3. The first-order valence-corrected chi connectivity index (χ1v) is 9.47. The van der Waals surface area contributed by atoms with Crippen LogP contribution < -0.4 is 15.0 Å². The van der Waals surface area contributed by atoms with Gasteiger partial charge in [-0.3, -0.25) is 0 Å². The van der Waals surface area contributed by atoms with Gasteiger partial charge in [0.25, 0.3) is 5.88 Å². The molecule has 0 bridgehead atoms. The molecule has 0 saturated carbocycles. The molecule has 1 aromatic carbocycles. The van der Waals surface area contributed by atoms with E-state index in [0.29, 0.717) is 24.9 Å². The minimum atomic E-state index is -0.487. The molecule has 1 fully saturated rings. The number of nitrogens with one attached hydrogen (secondary N) is 1. The molecule has 1 aliphatic rings. The lowest BCUT2D eigenvalue weighted by molar-refractivity contribution is 0.0520. The predicted molar refractivity (Wildman–Crippen MR) is 105 cm³/mol. The molecule has 1 aromatic heterocycles. The van der Waals surface area contributed by atoms with Crippen LogP contribution in [0.1, 0.15) is 34.1 Å². The van der Waals surface area contributed by atoms with Crippen LogP contribution in [0.4, 0.5) is 10.6 Å². The topological polar surface area (TPSA) is 76.6 Å². The maximum absolute atomic E-state index is 11.9.